The summed E-state index contributed by atoms with van der Waals surface area (Å²) in [5, 5.41) is 10.5. The molecule has 2 fully saturated rings. The van der Waals surface area contributed by atoms with E-state index in [-0.39, 0.29) is 0 Å². The van der Waals surface area contributed by atoms with E-state index in [0.29, 0.717) is 23.0 Å². The zero-order valence-electron chi connectivity index (χ0n) is 16.3. The molecule has 0 saturated heterocycles. The maximum atomic E-state index is 5.96. The summed E-state index contributed by atoms with van der Waals surface area (Å²) in [5.74, 6) is 2.90. The number of fused-ring (bicyclic) bond motifs is 10. The molecule has 0 spiro atoms. The van der Waals surface area contributed by atoms with E-state index >= 15 is 0 Å². The van der Waals surface area contributed by atoms with Gasteiger partial charge in [0.25, 0.3) is 0 Å². The van der Waals surface area contributed by atoms with Crippen LogP contribution in [0.2, 0.25) is 0 Å². The molecule has 4 aromatic rings. The number of thiazole rings is 1. The molecule has 1 aliphatic heterocycles. The van der Waals surface area contributed by atoms with E-state index in [1.807, 2.05) is 11.7 Å². The van der Waals surface area contributed by atoms with Crippen molar-refractivity contribution < 1.29 is 0 Å². The predicted molar refractivity (Wildman–Crippen MR) is 118 cm³/mol. The van der Waals surface area contributed by atoms with Crippen LogP contribution in [0.4, 0.5) is 10.8 Å². The van der Waals surface area contributed by atoms with Crippen LogP contribution in [0, 0.1) is 17.8 Å². The number of nitrogens with zero attached hydrogens (tertiary/aromatic N) is 3. The van der Waals surface area contributed by atoms with Crippen molar-refractivity contribution in [2.24, 2.45) is 24.8 Å². The number of aromatic nitrogens is 3. The van der Waals surface area contributed by atoms with Crippen molar-refractivity contribution in [3.05, 3.63) is 47.7 Å². The van der Waals surface area contributed by atoms with E-state index in [0.717, 1.165) is 17.4 Å². The first-order valence-corrected chi connectivity index (χ1v) is 11.4. The van der Waals surface area contributed by atoms with E-state index in [1.165, 1.54) is 51.7 Å². The van der Waals surface area contributed by atoms with Crippen molar-refractivity contribution in [2.75, 3.05) is 11.1 Å². The fourth-order valence-corrected chi connectivity index (χ4v) is 7.48. The number of nitrogen functional groups attached to an aromatic ring is 1. The standard InChI is InChI=1S/C23H23N5S/c1-28-17-7-6-16-21(14(17)10-25-28)19-11-2-3-12(8-11)20(19)22(26-16)13-4-5-15-18(9-13)29-23(24)27-15/h4-7,9-12,19-20,22,26H,2-3,8H2,1H3,(H2,24,27)/t11?,12?,19?,20-,22?/m1/s1. The summed E-state index contributed by atoms with van der Waals surface area (Å²) in [6.07, 6.45) is 6.20. The topological polar surface area (TPSA) is 68.8 Å². The monoisotopic (exact) mass is 401 g/mol. The summed E-state index contributed by atoms with van der Waals surface area (Å²) in [4.78, 5) is 4.44. The number of hydrogen-bond donors (Lipinski definition) is 2. The van der Waals surface area contributed by atoms with Gasteiger partial charge in [0.15, 0.2) is 5.13 Å². The normalized spacial score (nSPS) is 29.9. The first-order chi connectivity index (χ1) is 14.2. The van der Waals surface area contributed by atoms with Crippen LogP contribution >= 0.6 is 11.3 Å². The predicted octanol–water partition coefficient (Wildman–Crippen LogP) is 5.06. The molecule has 0 amide bonds. The zero-order chi connectivity index (χ0) is 19.3. The fraction of sp³-hybridized carbons (Fsp3) is 0.391. The molecule has 2 saturated carbocycles. The number of rotatable bonds is 1. The first-order valence-electron chi connectivity index (χ1n) is 10.5. The number of hydrogen-bond acceptors (Lipinski definition) is 5. The molecule has 3 aliphatic rings. The maximum Gasteiger partial charge on any atom is 0.181 e. The van der Waals surface area contributed by atoms with Crippen LogP contribution in [0.25, 0.3) is 21.1 Å². The Labute approximate surface area is 172 Å². The summed E-state index contributed by atoms with van der Waals surface area (Å²) in [6.45, 7) is 0. The maximum absolute atomic E-state index is 5.96. The highest BCUT2D eigenvalue weighted by Gasteiger charge is 2.54. The first kappa shape index (κ1) is 16.2. The van der Waals surface area contributed by atoms with Gasteiger partial charge in [-0.15, -0.1) is 0 Å². The molecule has 2 aliphatic carbocycles. The van der Waals surface area contributed by atoms with Crippen LogP contribution in [0.15, 0.2) is 36.5 Å². The number of benzene rings is 2. The van der Waals surface area contributed by atoms with Crippen molar-refractivity contribution >= 4 is 43.3 Å². The second-order valence-electron chi connectivity index (χ2n) is 9.07. The Morgan fingerprint density at radius 3 is 3.00 bits per heavy atom. The van der Waals surface area contributed by atoms with E-state index in [4.69, 9.17) is 5.73 Å². The average molecular weight is 402 g/mol. The molecule has 5 nitrogen and oxygen atoms in total. The summed E-state index contributed by atoms with van der Waals surface area (Å²) in [5.41, 5.74) is 12.4. The van der Waals surface area contributed by atoms with Crippen LogP contribution in [0.5, 0.6) is 0 Å². The number of aryl methyl sites for hydroxylation is 1. The third-order valence-corrected chi connectivity index (χ3v) is 8.62. The Bertz CT molecular complexity index is 1290. The zero-order valence-corrected chi connectivity index (χ0v) is 17.1. The second-order valence-corrected chi connectivity index (χ2v) is 10.1. The number of anilines is 2. The smallest absolute Gasteiger partial charge is 0.181 e. The van der Waals surface area contributed by atoms with Gasteiger partial charge in [0.05, 0.1) is 28.0 Å². The van der Waals surface area contributed by atoms with Gasteiger partial charge in [-0.05, 0) is 78.3 Å². The molecule has 2 aromatic heterocycles. The van der Waals surface area contributed by atoms with Gasteiger partial charge in [0, 0.05) is 18.1 Å². The van der Waals surface area contributed by atoms with Crippen molar-refractivity contribution in [1.29, 1.82) is 0 Å². The van der Waals surface area contributed by atoms with E-state index < -0.39 is 0 Å². The largest absolute Gasteiger partial charge is 0.378 e. The molecule has 5 atom stereocenters. The van der Waals surface area contributed by atoms with Crippen LogP contribution in [0.1, 0.15) is 42.3 Å². The van der Waals surface area contributed by atoms with Crippen molar-refractivity contribution in [1.82, 2.24) is 14.8 Å². The lowest BCUT2D eigenvalue weighted by Gasteiger charge is -2.43. The second kappa shape index (κ2) is 5.51. The minimum absolute atomic E-state index is 0.352. The lowest BCUT2D eigenvalue weighted by atomic mass is 9.67. The highest BCUT2D eigenvalue weighted by Crippen LogP contribution is 2.64. The van der Waals surface area contributed by atoms with Crippen LogP contribution in [-0.4, -0.2) is 14.8 Å². The average Bonchev–Trinajstić information content (AvgIpc) is 3.49. The van der Waals surface area contributed by atoms with Gasteiger partial charge >= 0.3 is 0 Å². The van der Waals surface area contributed by atoms with E-state index in [9.17, 15) is 0 Å². The van der Waals surface area contributed by atoms with E-state index in [2.05, 4.69) is 51.9 Å². The molecule has 146 valence electrons. The molecular formula is C23H23N5S. The molecular weight excluding hydrogens is 378 g/mol. The Hall–Kier alpha value is -2.60. The molecule has 7 rings (SSSR count). The molecule has 0 radical (unpaired) electrons. The highest BCUT2D eigenvalue weighted by molar-refractivity contribution is 7.22. The Morgan fingerprint density at radius 2 is 2.07 bits per heavy atom. The van der Waals surface area contributed by atoms with Crippen molar-refractivity contribution in [3.8, 4) is 0 Å². The summed E-state index contributed by atoms with van der Waals surface area (Å²) >= 11 is 1.59. The SMILES string of the molecule is Cn1ncc2c3c(ccc21)NC(c1ccc2nc(N)sc2c1)[C@@H]1C2CCC(C2)C31. The van der Waals surface area contributed by atoms with Crippen LogP contribution in [0.3, 0.4) is 0 Å². The summed E-state index contributed by atoms with van der Waals surface area (Å²) < 4.78 is 3.20. The Morgan fingerprint density at radius 1 is 1.17 bits per heavy atom. The molecule has 3 heterocycles. The van der Waals surface area contributed by atoms with Gasteiger partial charge in [-0.3, -0.25) is 4.68 Å². The molecule has 6 heteroatoms. The van der Waals surface area contributed by atoms with Gasteiger partial charge in [-0.1, -0.05) is 17.4 Å². The summed E-state index contributed by atoms with van der Waals surface area (Å²) in [6, 6.07) is 11.6. The third kappa shape index (κ3) is 2.10. The molecule has 2 bridgehead atoms. The third-order valence-electron chi connectivity index (χ3n) is 7.77. The lowest BCUT2D eigenvalue weighted by Crippen LogP contribution is -2.35. The highest BCUT2D eigenvalue weighted by atomic mass is 32.1. The van der Waals surface area contributed by atoms with Gasteiger partial charge in [-0.2, -0.15) is 5.10 Å². The van der Waals surface area contributed by atoms with E-state index in [1.54, 1.807) is 11.3 Å². The number of nitrogens with one attached hydrogen (secondary N) is 1. The summed E-state index contributed by atoms with van der Waals surface area (Å²) in [7, 11) is 2.04. The van der Waals surface area contributed by atoms with Crippen molar-refractivity contribution in [2.45, 2.75) is 31.2 Å². The minimum Gasteiger partial charge on any atom is -0.378 e. The Balaban J connectivity index is 1.43. The quantitative estimate of drug-likeness (QED) is 0.468. The molecule has 4 unspecified atom stereocenters. The van der Waals surface area contributed by atoms with Gasteiger partial charge in [0.1, 0.15) is 0 Å². The lowest BCUT2D eigenvalue weighted by molar-refractivity contribution is 0.249. The van der Waals surface area contributed by atoms with Crippen LogP contribution in [-0.2, 0) is 7.05 Å². The van der Waals surface area contributed by atoms with Crippen LogP contribution < -0.4 is 11.1 Å². The number of nitrogens with two attached hydrogens (primary N) is 1. The van der Waals surface area contributed by atoms with Gasteiger partial charge < -0.3 is 11.1 Å². The van der Waals surface area contributed by atoms with Gasteiger partial charge in [0.2, 0.25) is 0 Å². The van der Waals surface area contributed by atoms with Gasteiger partial charge in [-0.25, -0.2) is 4.98 Å². The fourth-order valence-electron chi connectivity index (χ4n) is 6.70. The molecule has 2 aromatic carbocycles. The molecule has 29 heavy (non-hydrogen) atoms. The molecule has 3 N–H and O–H groups in total. The Kier molecular flexibility index (Phi) is 3.08. The van der Waals surface area contributed by atoms with Crippen molar-refractivity contribution in [3.63, 3.8) is 0 Å². The minimum atomic E-state index is 0.352.